The van der Waals surface area contributed by atoms with Crippen LogP contribution in [0.25, 0.3) is 0 Å². The van der Waals surface area contributed by atoms with Crippen LogP contribution in [0.2, 0.25) is 0 Å². The summed E-state index contributed by atoms with van der Waals surface area (Å²) in [4.78, 5) is 26.4. The molecule has 2 aliphatic rings. The number of carbonyl (C=O) groups is 2. The van der Waals surface area contributed by atoms with Gasteiger partial charge >= 0.3 is 6.03 Å². The standard InChI is InChI=1S/C34H64N6O13S/c35-40-37-6-8-44-10-12-46-14-16-48-18-20-50-22-24-52-26-28-53-27-25-51-23-21-49-19-17-47-15-13-45-11-9-43-7-5-36-32(41)4-2-1-3-31-33-30(29-54-31)38-34(42)39-33/h30-31,33,35H,1-29H2,(H2-,36,38,39,41,42)/p+1. The Labute approximate surface area is 323 Å². The van der Waals surface area contributed by atoms with Gasteiger partial charge in [0, 0.05) is 24.0 Å². The predicted molar refractivity (Wildman–Crippen MR) is 198 cm³/mol. The molecule has 3 unspecified atom stereocenters. The predicted octanol–water partition coefficient (Wildman–Crippen LogP) is 0.561. The highest BCUT2D eigenvalue weighted by atomic mass is 32.2. The molecule has 0 bridgehead atoms. The molecule has 0 aromatic carbocycles. The van der Waals surface area contributed by atoms with Crippen LogP contribution in [0, 0.1) is 5.53 Å². The van der Waals surface area contributed by atoms with Gasteiger partial charge in [-0.25, -0.2) is 4.79 Å². The summed E-state index contributed by atoms with van der Waals surface area (Å²) in [7, 11) is 0. The minimum absolute atomic E-state index is 0.0410. The highest BCUT2D eigenvalue weighted by Crippen LogP contribution is 2.33. The maximum absolute atomic E-state index is 12.0. The molecule has 2 aliphatic heterocycles. The van der Waals surface area contributed by atoms with E-state index in [2.05, 4.69) is 26.0 Å². The Morgan fingerprint density at radius 3 is 1.46 bits per heavy atom. The van der Waals surface area contributed by atoms with Crippen LogP contribution in [0.15, 0.2) is 5.11 Å². The molecular formula is C34H65N6O13S+. The number of fused-ring (bicyclic) bond motifs is 1. The lowest BCUT2D eigenvalue weighted by Crippen LogP contribution is -2.36. The minimum atomic E-state index is -0.0622. The Balaban J connectivity index is 1.14. The van der Waals surface area contributed by atoms with Gasteiger partial charge in [0.2, 0.25) is 10.8 Å². The van der Waals surface area contributed by atoms with Gasteiger partial charge < -0.3 is 68.1 Å². The summed E-state index contributed by atoms with van der Waals surface area (Å²) >= 11 is 1.90. The molecule has 3 atom stereocenters. The van der Waals surface area contributed by atoms with E-state index in [9.17, 15) is 9.59 Å². The molecule has 20 heteroatoms. The quantitative estimate of drug-likeness (QED) is 0.0288. The fourth-order valence-electron chi connectivity index (χ4n) is 5.08. The van der Waals surface area contributed by atoms with Crippen molar-refractivity contribution in [2.75, 3.05) is 164 Å². The number of unbranched alkanes of at least 4 members (excludes halogenated alkanes) is 1. The third kappa shape index (κ3) is 28.4. The van der Waals surface area contributed by atoms with E-state index in [0.29, 0.717) is 170 Å². The van der Waals surface area contributed by atoms with E-state index in [4.69, 9.17) is 57.6 Å². The van der Waals surface area contributed by atoms with E-state index < -0.39 is 0 Å². The Hall–Kier alpha value is -2.04. The maximum atomic E-state index is 12.0. The van der Waals surface area contributed by atoms with Gasteiger partial charge in [0.05, 0.1) is 157 Å². The molecule has 0 aliphatic carbocycles. The Morgan fingerprint density at radius 1 is 0.630 bits per heavy atom. The van der Waals surface area contributed by atoms with Gasteiger partial charge in [-0.1, -0.05) is 6.42 Å². The number of hydrogen-bond acceptors (Lipinski definition) is 16. The molecule has 3 amide bonds. The van der Waals surface area contributed by atoms with Crippen molar-refractivity contribution in [3.8, 4) is 0 Å². The van der Waals surface area contributed by atoms with Crippen molar-refractivity contribution in [3.63, 3.8) is 0 Å². The van der Waals surface area contributed by atoms with E-state index in [1.165, 1.54) is 0 Å². The van der Waals surface area contributed by atoms with E-state index in [1.54, 1.807) is 0 Å². The molecule has 0 saturated carbocycles. The second-order valence-electron chi connectivity index (χ2n) is 11.9. The van der Waals surface area contributed by atoms with Crippen molar-refractivity contribution in [2.45, 2.75) is 43.0 Å². The third-order valence-corrected chi connectivity index (χ3v) is 9.28. The smallest absolute Gasteiger partial charge is 0.315 e. The zero-order valence-electron chi connectivity index (χ0n) is 31.8. The molecule has 19 nitrogen and oxygen atoms in total. The first-order chi connectivity index (χ1) is 26.7. The number of carbonyl (C=O) groups excluding carboxylic acids is 2. The minimum Gasteiger partial charge on any atom is -0.377 e. The Bertz CT molecular complexity index is 960. The van der Waals surface area contributed by atoms with Gasteiger partial charge in [-0.05, 0) is 12.8 Å². The largest absolute Gasteiger partial charge is 0.377 e. The maximum Gasteiger partial charge on any atom is 0.315 e. The first-order valence-electron chi connectivity index (χ1n) is 19.0. The molecule has 314 valence electrons. The number of nitrogens with zero attached hydrogens (tertiary/aromatic N) is 2. The average molecular weight is 798 g/mol. The second-order valence-corrected chi connectivity index (χ2v) is 13.2. The Kier molecular flexibility index (Phi) is 32.6. The van der Waals surface area contributed by atoms with E-state index in [1.807, 2.05) is 11.8 Å². The second kappa shape index (κ2) is 36.6. The summed E-state index contributed by atoms with van der Waals surface area (Å²) in [5, 5.41) is 12.8. The average Bonchev–Trinajstić information content (AvgIpc) is 3.73. The van der Waals surface area contributed by atoms with Crippen molar-refractivity contribution in [1.82, 2.24) is 20.9 Å². The van der Waals surface area contributed by atoms with Gasteiger partial charge in [0.15, 0.2) is 0 Å². The number of thioether (sulfide) groups is 1. The molecule has 0 aromatic rings. The van der Waals surface area contributed by atoms with E-state index >= 15 is 0 Å². The van der Waals surface area contributed by atoms with E-state index in [-0.39, 0.29) is 24.0 Å². The van der Waals surface area contributed by atoms with Crippen molar-refractivity contribution >= 4 is 23.7 Å². The molecule has 0 spiro atoms. The van der Waals surface area contributed by atoms with Crippen molar-refractivity contribution in [2.24, 2.45) is 5.11 Å². The summed E-state index contributed by atoms with van der Waals surface area (Å²) in [5.74, 6) is 0.999. The third-order valence-electron chi connectivity index (χ3n) is 7.78. The topological polar surface area (TPSA) is 222 Å². The lowest BCUT2D eigenvalue weighted by atomic mass is 10.0. The normalized spacial score (nSPS) is 17.6. The van der Waals surface area contributed by atoms with Crippen LogP contribution < -0.4 is 20.9 Å². The summed E-state index contributed by atoms with van der Waals surface area (Å²) in [6, 6.07) is 0.402. The highest BCUT2D eigenvalue weighted by molar-refractivity contribution is 8.00. The molecule has 0 aromatic heterocycles. The number of rotatable bonds is 41. The van der Waals surface area contributed by atoms with Crippen molar-refractivity contribution in [3.05, 3.63) is 0 Å². The van der Waals surface area contributed by atoms with Crippen LogP contribution in [0.3, 0.4) is 0 Å². The van der Waals surface area contributed by atoms with Gasteiger partial charge in [-0.15, -0.1) is 0 Å². The van der Waals surface area contributed by atoms with Crippen LogP contribution in [-0.4, -0.2) is 193 Å². The first kappa shape index (κ1) is 48.1. The number of nitrogens with one attached hydrogen (secondary N) is 4. The molecular weight excluding hydrogens is 732 g/mol. The molecule has 2 rings (SSSR count). The SMILES string of the molecule is N=[N+]=NCCOCCOCCOCCOCCOCCOCCOCCOCCOCCOCCOCCNC(=O)CCCCC1SCC2NC(=O)NC21. The summed E-state index contributed by atoms with van der Waals surface area (Å²) in [6.07, 6.45) is 3.33. The number of ether oxygens (including phenoxy) is 11. The van der Waals surface area contributed by atoms with Gasteiger partial charge in [-0.2, -0.15) is 11.8 Å². The van der Waals surface area contributed by atoms with Crippen molar-refractivity contribution < 1.29 is 61.7 Å². The summed E-state index contributed by atoms with van der Waals surface area (Å²) < 4.78 is 59.9. The van der Waals surface area contributed by atoms with E-state index in [0.717, 1.165) is 25.0 Å². The molecule has 54 heavy (non-hydrogen) atoms. The Morgan fingerprint density at radius 2 is 1.04 bits per heavy atom. The molecule has 2 heterocycles. The van der Waals surface area contributed by atoms with Gasteiger partial charge in [0.1, 0.15) is 17.2 Å². The monoisotopic (exact) mass is 797 g/mol. The number of hydrogen-bond donors (Lipinski definition) is 4. The molecule has 2 saturated heterocycles. The number of amides is 3. The fourth-order valence-corrected chi connectivity index (χ4v) is 6.63. The number of urea groups is 1. The lowest BCUT2D eigenvalue weighted by Gasteiger charge is -2.16. The first-order valence-corrected chi connectivity index (χ1v) is 20.1. The summed E-state index contributed by atoms with van der Waals surface area (Å²) in [5.41, 5.74) is 6.52. The van der Waals surface area contributed by atoms with Gasteiger partial charge in [-0.3, -0.25) is 4.79 Å². The molecule has 0 radical (unpaired) electrons. The highest BCUT2D eigenvalue weighted by Gasteiger charge is 2.42. The molecule has 4 N–H and O–H groups in total. The van der Waals surface area contributed by atoms with Gasteiger partial charge in [0.25, 0.3) is 0 Å². The van der Waals surface area contributed by atoms with Crippen LogP contribution >= 0.6 is 11.8 Å². The van der Waals surface area contributed by atoms with Crippen LogP contribution in [-0.2, 0) is 56.9 Å². The van der Waals surface area contributed by atoms with Crippen LogP contribution in [0.1, 0.15) is 25.7 Å². The zero-order chi connectivity index (χ0) is 38.4. The summed E-state index contributed by atoms with van der Waals surface area (Å²) in [6.45, 7) is 11.4. The van der Waals surface area contributed by atoms with Crippen molar-refractivity contribution in [1.29, 1.82) is 5.53 Å². The van der Waals surface area contributed by atoms with Crippen LogP contribution in [0.4, 0.5) is 4.79 Å². The lowest BCUT2D eigenvalue weighted by molar-refractivity contribution is -0.121. The molecule has 2 fully saturated rings. The van der Waals surface area contributed by atoms with Crippen LogP contribution in [0.5, 0.6) is 0 Å². The zero-order valence-corrected chi connectivity index (χ0v) is 32.7. The fraction of sp³-hybridized carbons (Fsp3) is 0.941.